The molecule has 0 spiro atoms. The lowest BCUT2D eigenvalue weighted by molar-refractivity contribution is 0.277. The number of hydrogen-bond acceptors (Lipinski definition) is 6. The Bertz CT molecular complexity index is 824. The molecule has 0 saturated heterocycles. The molecule has 2 N–H and O–H groups in total. The molecule has 3 rings (SSSR count). The van der Waals surface area contributed by atoms with Crippen molar-refractivity contribution in [2.24, 2.45) is 0 Å². The summed E-state index contributed by atoms with van der Waals surface area (Å²) in [4.78, 5) is 14.2. The highest BCUT2D eigenvalue weighted by Gasteiger charge is 2.11. The molecule has 0 fully saturated rings. The number of aliphatic hydroxyl groups is 1. The predicted molar refractivity (Wildman–Crippen MR) is 93.0 cm³/mol. The van der Waals surface area contributed by atoms with Crippen LogP contribution in [0.5, 0.6) is 0 Å². The van der Waals surface area contributed by atoms with Gasteiger partial charge in [-0.15, -0.1) is 11.3 Å². The highest BCUT2D eigenvalue weighted by molar-refractivity contribution is 7.15. The Morgan fingerprint density at radius 3 is 2.48 bits per heavy atom. The molecule has 23 heavy (non-hydrogen) atoms. The molecular formula is C17H18N4OS. The summed E-state index contributed by atoms with van der Waals surface area (Å²) in [5.74, 6) is 0.533. The lowest BCUT2D eigenvalue weighted by atomic mass is 10.1. The lowest BCUT2D eigenvalue weighted by Crippen LogP contribution is -1.98. The van der Waals surface area contributed by atoms with Crippen molar-refractivity contribution in [3.05, 3.63) is 52.2 Å². The first-order chi connectivity index (χ1) is 11.0. The van der Waals surface area contributed by atoms with Crippen molar-refractivity contribution in [3.8, 4) is 10.7 Å². The Labute approximate surface area is 139 Å². The molecule has 1 aromatic carbocycles. The van der Waals surface area contributed by atoms with Crippen LogP contribution in [0.3, 0.4) is 0 Å². The Balaban J connectivity index is 1.90. The third-order valence-electron chi connectivity index (χ3n) is 3.39. The first-order valence-corrected chi connectivity index (χ1v) is 8.12. The van der Waals surface area contributed by atoms with E-state index in [0.29, 0.717) is 11.6 Å². The molecule has 6 heteroatoms. The predicted octanol–water partition coefficient (Wildman–Crippen LogP) is 3.76. The molecule has 2 aromatic heterocycles. The molecule has 0 bridgehead atoms. The molecule has 0 aliphatic carbocycles. The van der Waals surface area contributed by atoms with E-state index >= 15 is 0 Å². The van der Waals surface area contributed by atoms with Gasteiger partial charge in [-0.2, -0.15) is 0 Å². The quantitative estimate of drug-likeness (QED) is 0.764. The fourth-order valence-corrected chi connectivity index (χ4v) is 3.29. The maximum absolute atomic E-state index is 9.28. The summed E-state index contributed by atoms with van der Waals surface area (Å²) in [5.41, 5.74) is 4.79. The van der Waals surface area contributed by atoms with Gasteiger partial charge in [0.05, 0.1) is 12.3 Å². The van der Waals surface area contributed by atoms with E-state index in [0.717, 1.165) is 21.3 Å². The Hall–Kier alpha value is -2.31. The highest BCUT2D eigenvalue weighted by atomic mass is 32.1. The first-order valence-electron chi connectivity index (χ1n) is 7.31. The molecule has 0 saturated carbocycles. The molecular weight excluding hydrogens is 308 g/mol. The standard InChI is InChI=1S/C17H18N4OS/c1-10-6-11(2)8-13(7-10)19-17-18-5-4-14(21-17)16-20-15(9-22)12(3)23-16/h4-8,22H,9H2,1-3H3,(H,18,19,21). The summed E-state index contributed by atoms with van der Waals surface area (Å²) in [6.07, 6.45) is 1.71. The summed E-state index contributed by atoms with van der Waals surface area (Å²) < 4.78 is 0. The van der Waals surface area contributed by atoms with E-state index < -0.39 is 0 Å². The van der Waals surface area contributed by atoms with Crippen LogP contribution in [0, 0.1) is 20.8 Å². The van der Waals surface area contributed by atoms with Crippen LogP contribution in [-0.4, -0.2) is 20.1 Å². The summed E-state index contributed by atoms with van der Waals surface area (Å²) in [7, 11) is 0. The number of nitrogens with one attached hydrogen (secondary N) is 1. The largest absolute Gasteiger partial charge is 0.390 e. The second-order valence-electron chi connectivity index (χ2n) is 5.45. The SMILES string of the molecule is Cc1cc(C)cc(Nc2nccc(-c3nc(CO)c(C)s3)n2)c1. The van der Waals surface area contributed by atoms with Gasteiger partial charge in [-0.1, -0.05) is 6.07 Å². The van der Waals surface area contributed by atoms with Gasteiger partial charge in [0.2, 0.25) is 5.95 Å². The monoisotopic (exact) mass is 326 g/mol. The van der Waals surface area contributed by atoms with E-state index in [9.17, 15) is 5.11 Å². The Morgan fingerprint density at radius 2 is 1.83 bits per heavy atom. The van der Waals surface area contributed by atoms with Crippen molar-refractivity contribution in [2.75, 3.05) is 5.32 Å². The Morgan fingerprint density at radius 1 is 1.09 bits per heavy atom. The van der Waals surface area contributed by atoms with Crippen molar-refractivity contribution >= 4 is 23.0 Å². The number of nitrogens with zero attached hydrogens (tertiary/aromatic N) is 3. The fourth-order valence-electron chi connectivity index (χ4n) is 2.40. The molecule has 118 valence electrons. The molecule has 0 radical (unpaired) electrons. The van der Waals surface area contributed by atoms with Crippen LogP contribution < -0.4 is 5.32 Å². The van der Waals surface area contributed by atoms with Gasteiger partial charge >= 0.3 is 0 Å². The summed E-state index contributed by atoms with van der Waals surface area (Å²) in [6.45, 7) is 6.01. The third kappa shape index (κ3) is 3.55. The van der Waals surface area contributed by atoms with Crippen LogP contribution in [0.15, 0.2) is 30.5 Å². The minimum Gasteiger partial charge on any atom is -0.390 e. The second kappa shape index (κ2) is 6.44. The van der Waals surface area contributed by atoms with Crippen LogP contribution in [-0.2, 0) is 6.61 Å². The molecule has 0 amide bonds. The first kappa shape index (κ1) is 15.6. The molecule has 3 aromatic rings. The van der Waals surface area contributed by atoms with Gasteiger partial charge in [0.25, 0.3) is 0 Å². The van der Waals surface area contributed by atoms with E-state index in [-0.39, 0.29) is 6.61 Å². The number of aliphatic hydroxyl groups excluding tert-OH is 1. The van der Waals surface area contributed by atoms with Crippen molar-refractivity contribution in [3.63, 3.8) is 0 Å². The number of hydrogen-bond donors (Lipinski definition) is 2. The van der Waals surface area contributed by atoms with Crippen molar-refractivity contribution < 1.29 is 5.11 Å². The number of benzene rings is 1. The average Bonchev–Trinajstić information content (AvgIpc) is 2.87. The molecule has 5 nitrogen and oxygen atoms in total. The van der Waals surface area contributed by atoms with Gasteiger partial charge < -0.3 is 10.4 Å². The highest BCUT2D eigenvalue weighted by Crippen LogP contribution is 2.27. The van der Waals surface area contributed by atoms with Crippen molar-refractivity contribution in [1.29, 1.82) is 0 Å². The summed E-state index contributed by atoms with van der Waals surface area (Å²) in [6, 6.07) is 8.06. The fraction of sp³-hybridized carbons (Fsp3) is 0.235. The number of thiazole rings is 1. The van der Waals surface area contributed by atoms with Gasteiger partial charge in [0, 0.05) is 16.8 Å². The van der Waals surface area contributed by atoms with Gasteiger partial charge in [0.15, 0.2) is 0 Å². The minimum absolute atomic E-state index is 0.0545. The van der Waals surface area contributed by atoms with Crippen LogP contribution in [0.4, 0.5) is 11.6 Å². The molecule has 0 unspecified atom stereocenters. The van der Waals surface area contributed by atoms with Gasteiger partial charge in [-0.3, -0.25) is 0 Å². The maximum atomic E-state index is 9.28. The van der Waals surface area contributed by atoms with E-state index in [2.05, 4.69) is 52.3 Å². The average molecular weight is 326 g/mol. The van der Waals surface area contributed by atoms with Gasteiger partial charge in [-0.05, 0) is 50.1 Å². The molecule has 2 heterocycles. The number of anilines is 2. The zero-order chi connectivity index (χ0) is 16.4. The Kier molecular flexibility index (Phi) is 4.36. The van der Waals surface area contributed by atoms with Crippen molar-refractivity contribution in [2.45, 2.75) is 27.4 Å². The summed E-state index contributed by atoms with van der Waals surface area (Å²) in [5, 5.41) is 13.3. The zero-order valence-corrected chi connectivity index (χ0v) is 14.1. The normalized spacial score (nSPS) is 10.8. The van der Waals surface area contributed by atoms with Gasteiger partial charge in [0.1, 0.15) is 10.7 Å². The van der Waals surface area contributed by atoms with Crippen LogP contribution in [0.25, 0.3) is 10.7 Å². The van der Waals surface area contributed by atoms with E-state index in [4.69, 9.17) is 0 Å². The second-order valence-corrected chi connectivity index (χ2v) is 6.65. The van der Waals surface area contributed by atoms with Crippen LogP contribution in [0.1, 0.15) is 21.7 Å². The number of rotatable bonds is 4. The van der Waals surface area contributed by atoms with Crippen LogP contribution >= 0.6 is 11.3 Å². The van der Waals surface area contributed by atoms with E-state index in [1.165, 1.54) is 22.5 Å². The molecule has 0 aliphatic rings. The van der Waals surface area contributed by atoms with E-state index in [1.54, 1.807) is 6.20 Å². The number of aryl methyl sites for hydroxylation is 3. The minimum atomic E-state index is -0.0545. The topological polar surface area (TPSA) is 70.9 Å². The van der Waals surface area contributed by atoms with Gasteiger partial charge in [-0.25, -0.2) is 15.0 Å². The van der Waals surface area contributed by atoms with E-state index in [1.807, 2.05) is 13.0 Å². The van der Waals surface area contributed by atoms with Crippen LogP contribution in [0.2, 0.25) is 0 Å². The smallest absolute Gasteiger partial charge is 0.227 e. The maximum Gasteiger partial charge on any atom is 0.227 e. The zero-order valence-electron chi connectivity index (χ0n) is 13.3. The summed E-state index contributed by atoms with van der Waals surface area (Å²) >= 11 is 1.52. The molecule has 0 atom stereocenters. The lowest BCUT2D eigenvalue weighted by Gasteiger charge is -2.07. The van der Waals surface area contributed by atoms with Crippen molar-refractivity contribution in [1.82, 2.24) is 15.0 Å². The molecule has 0 aliphatic heterocycles. The third-order valence-corrected chi connectivity index (χ3v) is 4.43. The number of aromatic nitrogens is 3.